The highest BCUT2D eigenvalue weighted by Crippen LogP contribution is 2.24. The Hall–Kier alpha value is -2.87. The molecule has 1 aromatic heterocycles. The van der Waals surface area contributed by atoms with Crippen LogP contribution in [0, 0.1) is 5.82 Å². The van der Waals surface area contributed by atoms with Gasteiger partial charge in [-0.1, -0.05) is 23.9 Å². The minimum absolute atomic E-state index is 0.145. The molecular formula is C19H20FN5OS. The van der Waals surface area contributed by atoms with Crippen LogP contribution < -0.4 is 10.2 Å². The van der Waals surface area contributed by atoms with E-state index < -0.39 is 0 Å². The van der Waals surface area contributed by atoms with Crippen molar-refractivity contribution in [1.29, 1.82) is 0 Å². The van der Waals surface area contributed by atoms with Crippen LogP contribution in [0.4, 0.5) is 15.8 Å². The second-order valence-electron chi connectivity index (χ2n) is 6.12. The molecule has 0 radical (unpaired) electrons. The Morgan fingerprint density at radius 2 is 1.85 bits per heavy atom. The van der Waals surface area contributed by atoms with Crippen LogP contribution in [-0.4, -0.2) is 40.5 Å². The third-order valence-corrected chi connectivity index (χ3v) is 4.97. The molecule has 27 heavy (non-hydrogen) atoms. The van der Waals surface area contributed by atoms with Gasteiger partial charge >= 0.3 is 0 Å². The Bertz CT molecular complexity index is 940. The molecule has 0 saturated carbocycles. The average Bonchev–Trinajstić information content (AvgIpc) is 3.01. The maximum absolute atomic E-state index is 13.9. The molecule has 2 aromatic carbocycles. The van der Waals surface area contributed by atoms with Crippen LogP contribution in [-0.2, 0) is 11.8 Å². The quantitative estimate of drug-likeness (QED) is 0.659. The highest BCUT2D eigenvalue weighted by molar-refractivity contribution is 7.99. The van der Waals surface area contributed by atoms with Crippen LogP contribution in [0.15, 0.2) is 53.7 Å². The van der Waals surface area contributed by atoms with E-state index in [1.54, 1.807) is 29.8 Å². The summed E-state index contributed by atoms with van der Waals surface area (Å²) in [6.45, 7) is 0. The minimum Gasteiger partial charge on any atom is -0.378 e. The number of benzene rings is 2. The number of carbonyl (C=O) groups is 1. The zero-order valence-electron chi connectivity index (χ0n) is 15.3. The highest BCUT2D eigenvalue weighted by Gasteiger charge is 2.15. The summed E-state index contributed by atoms with van der Waals surface area (Å²) in [5.41, 5.74) is 2.17. The Balaban J connectivity index is 1.62. The molecule has 0 fully saturated rings. The van der Waals surface area contributed by atoms with Crippen molar-refractivity contribution in [3.05, 3.63) is 54.3 Å². The summed E-state index contributed by atoms with van der Waals surface area (Å²) in [6.07, 6.45) is 0. The first-order valence-corrected chi connectivity index (χ1v) is 9.28. The van der Waals surface area contributed by atoms with E-state index in [4.69, 9.17) is 0 Å². The normalized spacial score (nSPS) is 10.7. The Labute approximate surface area is 161 Å². The SMILES string of the molecule is CN(C)c1ccc(NC(=O)CSc2nnc(-c3ccccc3F)n2C)cc1. The van der Waals surface area contributed by atoms with Gasteiger partial charge in [0, 0.05) is 32.5 Å². The first kappa shape index (κ1) is 18.9. The fourth-order valence-electron chi connectivity index (χ4n) is 2.49. The Kier molecular flexibility index (Phi) is 5.75. The van der Waals surface area contributed by atoms with Crippen molar-refractivity contribution in [2.45, 2.75) is 5.16 Å². The number of rotatable bonds is 6. The van der Waals surface area contributed by atoms with Gasteiger partial charge in [0.1, 0.15) is 5.82 Å². The molecule has 0 aliphatic carbocycles. The second kappa shape index (κ2) is 8.22. The van der Waals surface area contributed by atoms with Gasteiger partial charge in [-0.2, -0.15) is 0 Å². The van der Waals surface area contributed by atoms with E-state index in [2.05, 4.69) is 15.5 Å². The smallest absolute Gasteiger partial charge is 0.234 e. The van der Waals surface area contributed by atoms with E-state index in [1.807, 2.05) is 43.3 Å². The van der Waals surface area contributed by atoms with E-state index in [0.717, 1.165) is 11.4 Å². The monoisotopic (exact) mass is 385 g/mol. The molecule has 0 aliphatic heterocycles. The predicted octanol–water partition coefficient (Wildman–Crippen LogP) is 3.42. The van der Waals surface area contributed by atoms with Gasteiger partial charge in [0.05, 0.1) is 11.3 Å². The van der Waals surface area contributed by atoms with E-state index in [0.29, 0.717) is 16.5 Å². The number of anilines is 2. The van der Waals surface area contributed by atoms with Crippen LogP contribution in [0.25, 0.3) is 11.4 Å². The van der Waals surface area contributed by atoms with Gasteiger partial charge in [-0.25, -0.2) is 4.39 Å². The first-order chi connectivity index (χ1) is 13.0. The predicted molar refractivity (Wildman–Crippen MR) is 107 cm³/mol. The number of thioether (sulfide) groups is 1. The van der Waals surface area contributed by atoms with Crippen LogP contribution in [0.5, 0.6) is 0 Å². The van der Waals surface area contributed by atoms with Crippen molar-refractivity contribution in [2.24, 2.45) is 7.05 Å². The largest absolute Gasteiger partial charge is 0.378 e. The van der Waals surface area contributed by atoms with Crippen molar-refractivity contribution < 1.29 is 9.18 Å². The summed E-state index contributed by atoms with van der Waals surface area (Å²) in [6, 6.07) is 14.0. The molecule has 1 N–H and O–H groups in total. The molecule has 0 saturated heterocycles. The van der Waals surface area contributed by atoms with Gasteiger partial charge in [-0.05, 0) is 36.4 Å². The maximum atomic E-state index is 13.9. The molecule has 0 spiro atoms. The number of nitrogens with zero attached hydrogens (tertiary/aromatic N) is 4. The number of aromatic nitrogens is 3. The van der Waals surface area contributed by atoms with E-state index in [1.165, 1.54) is 17.8 Å². The third kappa shape index (κ3) is 4.46. The second-order valence-corrected chi connectivity index (χ2v) is 7.07. The fourth-order valence-corrected chi connectivity index (χ4v) is 3.20. The zero-order chi connectivity index (χ0) is 19.4. The van der Waals surface area contributed by atoms with Crippen molar-refractivity contribution in [3.8, 4) is 11.4 Å². The number of amides is 1. The maximum Gasteiger partial charge on any atom is 0.234 e. The molecular weight excluding hydrogens is 365 g/mol. The van der Waals surface area contributed by atoms with E-state index >= 15 is 0 Å². The molecule has 140 valence electrons. The molecule has 0 bridgehead atoms. The zero-order valence-corrected chi connectivity index (χ0v) is 16.1. The van der Waals surface area contributed by atoms with Gasteiger partial charge in [0.25, 0.3) is 0 Å². The molecule has 0 atom stereocenters. The number of hydrogen-bond acceptors (Lipinski definition) is 5. The summed E-state index contributed by atoms with van der Waals surface area (Å²) in [4.78, 5) is 14.2. The topological polar surface area (TPSA) is 63.1 Å². The van der Waals surface area contributed by atoms with Gasteiger partial charge in [-0.15, -0.1) is 10.2 Å². The number of hydrogen-bond donors (Lipinski definition) is 1. The van der Waals surface area contributed by atoms with Gasteiger partial charge in [0.15, 0.2) is 11.0 Å². The molecule has 0 aliphatic rings. The standard InChI is InChI=1S/C19H20FN5OS/c1-24(2)14-10-8-13(9-11-14)21-17(26)12-27-19-23-22-18(25(19)3)15-6-4-5-7-16(15)20/h4-11H,12H2,1-3H3,(H,21,26). The van der Waals surface area contributed by atoms with Crippen molar-refractivity contribution in [3.63, 3.8) is 0 Å². The van der Waals surface area contributed by atoms with Crippen LogP contribution in [0.1, 0.15) is 0 Å². The molecule has 1 amide bonds. The molecule has 1 heterocycles. The van der Waals surface area contributed by atoms with Gasteiger partial charge < -0.3 is 14.8 Å². The lowest BCUT2D eigenvalue weighted by Gasteiger charge is -2.13. The summed E-state index contributed by atoms with van der Waals surface area (Å²) in [7, 11) is 5.67. The van der Waals surface area contributed by atoms with E-state index in [9.17, 15) is 9.18 Å². The van der Waals surface area contributed by atoms with Crippen molar-refractivity contribution in [2.75, 3.05) is 30.1 Å². The molecule has 8 heteroatoms. The van der Waals surface area contributed by atoms with Crippen LogP contribution in [0.3, 0.4) is 0 Å². The number of halogens is 1. The summed E-state index contributed by atoms with van der Waals surface area (Å²) < 4.78 is 15.6. The van der Waals surface area contributed by atoms with E-state index in [-0.39, 0.29) is 17.5 Å². The summed E-state index contributed by atoms with van der Waals surface area (Å²) in [5.74, 6) is 0.102. The molecule has 3 aromatic rings. The van der Waals surface area contributed by atoms with Gasteiger partial charge in [0.2, 0.25) is 5.91 Å². The minimum atomic E-state index is -0.358. The van der Waals surface area contributed by atoms with Crippen LogP contribution >= 0.6 is 11.8 Å². The molecule has 0 unspecified atom stereocenters. The van der Waals surface area contributed by atoms with Crippen molar-refractivity contribution in [1.82, 2.24) is 14.8 Å². The fraction of sp³-hybridized carbons (Fsp3) is 0.211. The lowest BCUT2D eigenvalue weighted by atomic mass is 10.2. The third-order valence-electron chi connectivity index (χ3n) is 3.95. The lowest BCUT2D eigenvalue weighted by Crippen LogP contribution is -2.15. The molecule has 6 nitrogen and oxygen atoms in total. The Morgan fingerprint density at radius 1 is 1.15 bits per heavy atom. The molecule has 3 rings (SSSR count). The highest BCUT2D eigenvalue weighted by atomic mass is 32.2. The Morgan fingerprint density at radius 3 is 2.52 bits per heavy atom. The number of nitrogens with one attached hydrogen (secondary N) is 1. The number of carbonyl (C=O) groups excluding carboxylic acids is 1. The first-order valence-electron chi connectivity index (χ1n) is 8.30. The van der Waals surface area contributed by atoms with Gasteiger partial charge in [-0.3, -0.25) is 4.79 Å². The van der Waals surface area contributed by atoms with Crippen LogP contribution in [0.2, 0.25) is 0 Å². The van der Waals surface area contributed by atoms with Crippen molar-refractivity contribution >= 4 is 29.0 Å². The lowest BCUT2D eigenvalue weighted by molar-refractivity contribution is -0.113. The average molecular weight is 385 g/mol. The summed E-state index contributed by atoms with van der Waals surface area (Å²) >= 11 is 1.25. The summed E-state index contributed by atoms with van der Waals surface area (Å²) in [5, 5.41) is 11.5.